The minimum Gasteiger partial charge on any atom is -0.379 e. The van der Waals surface area contributed by atoms with Crippen molar-refractivity contribution >= 4 is 16.6 Å². The van der Waals surface area contributed by atoms with E-state index in [9.17, 15) is 0 Å². The maximum Gasteiger partial charge on any atom is 0.126 e. The molecule has 3 aromatic rings. The maximum absolute atomic E-state index is 4.58. The molecule has 0 saturated heterocycles. The Labute approximate surface area is 125 Å². The topological polar surface area (TPSA) is 37.8 Å². The minimum atomic E-state index is 0.704. The number of aromatic nitrogens is 2. The van der Waals surface area contributed by atoms with Crippen LogP contribution in [-0.4, -0.2) is 9.97 Å². The highest BCUT2D eigenvalue weighted by molar-refractivity contribution is 5.81. The molecule has 106 valence electrons. The summed E-state index contributed by atoms with van der Waals surface area (Å²) in [6.45, 7) is 4.81. The monoisotopic (exact) mass is 277 g/mol. The van der Waals surface area contributed by atoms with Crippen LogP contribution in [0.1, 0.15) is 24.0 Å². The predicted molar refractivity (Wildman–Crippen MR) is 87.4 cm³/mol. The third-order valence-corrected chi connectivity index (χ3v) is 3.62. The molecule has 3 heteroatoms. The van der Waals surface area contributed by atoms with Gasteiger partial charge >= 0.3 is 0 Å². The zero-order valence-corrected chi connectivity index (χ0v) is 12.4. The van der Waals surface area contributed by atoms with Crippen LogP contribution >= 0.6 is 0 Å². The summed E-state index contributed by atoms with van der Waals surface area (Å²) in [4.78, 5) is 9.05. The highest BCUT2D eigenvalue weighted by Gasteiger charge is 2.05. The van der Waals surface area contributed by atoms with Gasteiger partial charge < -0.3 is 5.32 Å². The second kappa shape index (κ2) is 5.92. The van der Waals surface area contributed by atoms with Crippen molar-refractivity contribution in [3.8, 4) is 0 Å². The van der Waals surface area contributed by atoms with Gasteiger partial charge in [-0.1, -0.05) is 37.3 Å². The summed E-state index contributed by atoms with van der Waals surface area (Å²) in [5.74, 6) is 0.812. The zero-order valence-electron chi connectivity index (χ0n) is 12.4. The molecule has 0 spiro atoms. The lowest BCUT2D eigenvalue weighted by Crippen LogP contribution is -2.05. The smallest absolute Gasteiger partial charge is 0.126 e. The van der Waals surface area contributed by atoms with Crippen molar-refractivity contribution in [2.75, 3.05) is 5.32 Å². The Morgan fingerprint density at radius 2 is 1.71 bits per heavy atom. The lowest BCUT2D eigenvalue weighted by Gasteiger charge is -2.10. The number of aryl methyl sites for hydroxylation is 2. The highest BCUT2D eigenvalue weighted by Crippen LogP contribution is 2.17. The summed E-state index contributed by atoms with van der Waals surface area (Å²) in [7, 11) is 0. The van der Waals surface area contributed by atoms with Crippen LogP contribution in [-0.2, 0) is 13.0 Å². The molecule has 0 atom stereocenters. The normalized spacial score (nSPS) is 10.8. The lowest BCUT2D eigenvalue weighted by molar-refractivity contribution is 0.987. The molecule has 1 N–H and O–H groups in total. The number of hydrogen-bond donors (Lipinski definition) is 1. The first-order valence-electron chi connectivity index (χ1n) is 7.31. The molecule has 0 unspecified atom stereocenters. The van der Waals surface area contributed by atoms with Gasteiger partial charge in [-0.05, 0) is 37.1 Å². The number of para-hydroxylation sites is 1. The van der Waals surface area contributed by atoms with Crippen LogP contribution in [0.15, 0.2) is 48.5 Å². The van der Waals surface area contributed by atoms with Crippen LogP contribution in [0.2, 0.25) is 0 Å². The van der Waals surface area contributed by atoms with Gasteiger partial charge in [0.25, 0.3) is 0 Å². The van der Waals surface area contributed by atoms with Crippen molar-refractivity contribution in [2.24, 2.45) is 0 Å². The van der Waals surface area contributed by atoms with Gasteiger partial charge in [-0.3, -0.25) is 0 Å². The van der Waals surface area contributed by atoms with Crippen LogP contribution in [0.3, 0.4) is 0 Å². The summed E-state index contributed by atoms with van der Waals surface area (Å²) in [6.07, 6.45) is 1.07. The van der Waals surface area contributed by atoms with E-state index >= 15 is 0 Å². The van der Waals surface area contributed by atoms with Gasteiger partial charge in [0.2, 0.25) is 0 Å². The van der Waals surface area contributed by atoms with Gasteiger partial charge in [0.05, 0.1) is 17.8 Å². The van der Waals surface area contributed by atoms with E-state index in [0.29, 0.717) is 6.54 Å². The molecule has 0 amide bonds. The minimum absolute atomic E-state index is 0.704. The molecule has 0 aliphatic carbocycles. The fourth-order valence-corrected chi connectivity index (χ4v) is 2.45. The second-order valence-electron chi connectivity index (χ2n) is 5.14. The van der Waals surface area contributed by atoms with Crippen LogP contribution < -0.4 is 5.32 Å². The van der Waals surface area contributed by atoms with Crippen molar-refractivity contribution in [2.45, 2.75) is 26.8 Å². The number of benzene rings is 2. The summed E-state index contributed by atoms with van der Waals surface area (Å²) in [5, 5.41) is 4.55. The van der Waals surface area contributed by atoms with Gasteiger partial charge in [-0.2, -0.15) is 0 Å². The summed E-state index contributed by atoms with van der Waals surface area (Å²) in [5.41, 5.74) is 4.51. The molecular formula is C18H19N3. The molecule has 0 bridgehead atoms. The molecule has 3 nitrogen and oxygen atoms in total. The van der Waals surface area contributed by atoms with Crippen LogP contribution in [0, 0.1) is 6.92 Å². The van der Waals surface area contributed by atoms with Gasteiger partial charge in [-0.25, -0.2) is 9.97 Å². The van der Waals surface area contributed by atoms with Gasteiger partial charge in [0.1, 0.15) is 5.82 Å². The molecular weight excluding hydrogens is 258 g/mol. The number of anilines is 1. The molecule has 1 aromatic heterocycles. The number of nitrogens with zero attached hydrogens (tertiary/aromatic N) is 2. The van der Waals surface area contributed by atoms with E-state index in [2.05, 4.69) is 52.5 Å². The molecule has 2 aromatic carbocycles. The number of rotatable bonds is 4. The molecule has 0 aliphatic heterocycles. The molecule has 0 fully saturated rings. The van der Waals surface area contributed by atoms with Crippen molar-refractivity contribution in [3.63, 3.8) is 0 Å². The Hall–Kier alpha value is -2.42. The first-order chi connectivity index (χ1) is 10.3. The Bertz CT molecular complexity index is 748. The van der Waals surface area contributed by atoms with E-state index in [1.54, 1.807) is 0 Å². The van der Waals surface area contributed by atoms with E-state index in [4.69, 9.17) is 0 Å². The number of fused-ring (bicyclic) bond motifs is 1. The first kappa shape index (κ1) is 13.6. The van der Waals surface area contributed by atoms with Crippen molar-refractivity contribution in [1.82, 2.24) is 9.97 Å². The molecule has 1 heterocycles. The predicted octanol–water partition coefficient (Wildman–Crippen LogP) is 4.11. The van der Waals surface area contributed by atoms with Crippen LogP contribution in [0.5, 0.6) is 0 Å². The number of nitrogens with one attached hydrogen (secondary N) is 1. The third kappa shape index (κ3) is 3.02. The molecule has 0 aliphatic rings. The van der Waals surface area contributed by atoms with Gasteiger partial charge in [0.15, 0.2) is 0 Å². The van der Waals surface area contributed by atoms with Gasteiger partial charge in [-0.15, -0.1) is 0 Å². The van der Waals surface area contributed by atoms with E-state index < -0.39 is 0 Å². The van der Waals surface area contributed by atoms with Crippen molar-refractivity contribution < 1.29 is 0 Å². The molecule has 21 heavy (non-hydrogen) atoms. The summed E-state index contributed by atoms with van der Waals surface area (Å²) in [6, 6.07) is 16.7. The largest absolute Gasteiger partial charge is 0.379 e. The van der Waals surface area contributed by atoms with Gasteiger partial charge in [0, 0.05) is 11.1 Å². The SMILES string of the molecule is CCc1ccc(NCc2nc(C)nc3ccccc23)cc1. The second-order valence-corrected chi connectivity index (χ2v) is 5.14. The summed E-state index contributed by atoms with van der Waals surface area (Å²) < 4.78 is 0. The average molecular weight is 277 g/mol. The van der Waals surface area contributed by atoms with Crippen LogP contribution in [0.25, 0.3) is 10.9 Å². The third-order valence-electron chi connectivity index (χ3n) is 3.62. The van der Waals surface area contributed by atoms with Crippen molar-refractivity contribution in [1.29, 1.82) is 0 Å². The quantitative estimate of drug-likeness (QED) is 0.779. The number of hydrogen-bond acceptors (Lipinski definition) is 3. The fourth-order valence-electron chi connectivity index (χ4n) is 2.45. The molecule has 0 saturated carbocycles. The van der Waals surface area contributed by atoms with E-state index in [-0.39, 0.29) is 0 Å². The summed E-state index contributed by atoms with van der Waals surface area (Å²) >= 11 is 0. The highest BCUT2D eigenvalue weighted by atomic mass is 14.9. The Morgan fingerprint density at radius 1 is 0.952 bits per heavy atom. The lowest BCUT2D eigenvalue weighted by atomic mass is 10.1. The van der Waals surface area contributed by atoms with E-state index in [1.807, 2.05) is 25.1 Å². The van der Waals surface area contributed by atoms with Crippen molar-refractivity contribution in [3.05, 3.63) is 65.6 Å². The Kier molecular flexibility index (Phi) is 3.82. The van der Waals surface area contributed by atoms with E-state index in [0.717, 1.165) is 34.5 Å². The fraction of sp³-hybridized carbons (Fsp3) is 0.222. The molecule has 3 rings (SSSR count). The van der Waals surface area contributed by atoms with Crippen LogP contribution in [0.4, 0.5) is 5.69 Å². The molecule has 0 radical (unpaired) electrons. The van der Waals surface area contributed by atoms with E-state index in [1.165, 1.54) is 5.56 Å². The average Bonchev–Trinajstić information content (AvgIpc) is 2.53. The standard InChI is InChI=1S/C18H19N3/c1-3-14-8-10-15(11-9-14)19-12-18-16-6-4-5-7-17(16)20-13(2)21-18/h4-11,19H,3,12H2,1-2H3. The maximum atomic E-state index is 4.58. The first-order valence-corrected chi connectivity index (χ1v) is 7.31. The Balaban J connectivity index is 1.84. The Morgan fingerprint density at radius 3 is 2.48 bits per heavy atom. The zero-order chi connectivity index (χ0) is 14.7.